The molecule has 0 fully saturated rings. The number of hydrogen-bond acceptors (Lipinski definition) is 5. The Morgan fingerprint density at radius 1 is 1.28 bits per heavy atom. The minimum absolute atomic E-state index is 0.318. The van der Waals surface area contributed by atoms with Crippen molar-refractivity contribution in [3.05, 3.63) is 40.8 Å². The van der Waals surface area contributed by atoms with Crippen LogP contribution in [0.5, 0.6) is 5.88 Å². The number of nitrogens with one attached hydrogen (secondary N) is 2. The summed E-state index contributed by atoms with van der Waals surface area (Å²) in [6.07, 6.45) is 1.53. The molecular weight excluding hydrogens is 322 g/mol. The van der Waals surface area contributed by atoms with Crippen LogP contribution in [-0.4, -0.2) is 35.6 Å². The van der Waals surface area contributed by atoms with Crippen LogP contribution in [0.25, 0.3) is 0 Å². The lowest BCUT2D eigenvalue weighted by molar-refractivity contribution is 0.0599. The van der Waals surface area contributed by atoms with E-state index in [1.807, 2.05) is 0 Å². The number of carbonyl (C=O) groups is 2. The van der Waals surface area contributed by atoms with Crippen molar-refractivity contribution in [1.82, 2.24) is 9.97 Å². The van der Waals surface area contributed by atoms with Crippen LogP contribution in [0.2, 0.25) is 0 Å². The van der Waals surface area contributed by atoms with Crippen molar-refractivity contribution < 1.29 is 19.1 Å². The third-order valence-electron chi connectivity index (χ3n) is 3.61. The Bertz CT molecular complexity index is 763. The molecule has 7 heteroatoms. The Balaban J connectivity index is 2.11. The second-order valence-electron chi connectivity index (χ2n) is 6.16. The zero-order chi connectivity index (χ0) is 18.6. The smallest absolute Gasteiger partial charge is 0.339 e. The van der Waals surface area contributed by atoms with E-state index in [0.717, 1.165) is 0 Å². The molecule has 0 unspecified atom stereocenters. The first-order valence-corrected chi connectivity index (χ1v) is 8.01. The van der Waals surface area contributed by atoms with E-state index in [2.05, 4.69) is 29.1 Å². The summed E-state index contributed by atoms with van der Waals surface area (Å²) in [5.74, 6) is 0.0860. The molecule has 0 spiro atoms. The normalized spacial score (nSPS) is 10.6. The van der Waals surface area contributed by atoms with Gasteiger partial charge in [-0.15, -0.1) is 0 Å². The highest BCUT2D eigenvalue weighted by atomic mass is 16.5. The second-order valence-corrected chi connectivity index (χ2v) is 6.16. The monoisotopic (exact) mass is 345 g/mol. The highest BCUT2D eigenvalue weighted by molar-refractivity contribution is 6.06. The van der Waals surface area contributed by atoms with Crippen LogP contribution >= 0.6 is 0 Å². The number of aromatic nitrogens is 2. The van der Waals surface area contributed by atoms with Crippen molar-refractivity contribution in [3.63, 3.8) is 0 Å². The van der Waals surface area contributed by atoms with Gasteiger partial charge in [0.1, 0.15) is 5.69 Å². The number of aromatic amines is 1. The van der Waals surface area contributed by atoms with E-state index in [1.54, 1.807) is 26.0 Å². The van der Waals surface area contributed by atoms with Gasteiger partial charge in [-0.2, -0.15) is 0 Å². The van der Waals surface area contributed by atoms with E-state index < -0.39 is 5.97 Å². The number of anilines is 1. The summed E-state index contributed by atoms with van der Waals surface area (Å²) < 4.78 is 10.3. The number of pyridine rings is 1. The lowest BCUT2D eigenvalue weighted by atomic mass is 10.1. The van der Waals surface area contributed by atoms with Crippen molar-refractivity contribution in [3.8, 4) is 5.88 Å². The minimum Gasteiger partial charge on any atom is -0.477 e. The van der Waals surface area contributed by atoms with Crippen molar-refractivity contribution in [2.24, 2.45) is 5.92 Å². The molecule has 134 valence electrons. The molecule has 2 aromatic heterocycles. The van der Waals surface area contributed by atoms with Gasteiger partial charge < -0.3 is 19.8 Å². The fraction of sp³-hybridized carbons (Fsp3) is 0.389. The van der Waals surface area contributed by atoms with Crippen molar-refractivity contribution >= 4 is 17.6 Å². The number of H-pyrrole nitrogens is 1. The van der Waals surface area contributed by atoms with E-state index in [1.165, 1.54) is 13.3 Å². The van der Waals surface area contributed by atoms with Crippen molar-refractivity contribution in [2.75, 3.05) is 19.0 Å². The number of amides is 1. The van der Waals surface area contributed by atoms with Crippen LogP contribution < -0.4 is 10.1 Å². The zero-order valence-corrected chi connectivity index (χ0v) is 15.1. The number of rotatable bonds is 6. The summed E-state index contributed by atoms with van der Waals surface area (Å²) in [4.78, 5) is 31.4. The number of ether oxygens (including phenoxy) is 2. The van der Waals surface area contributed by atoms with Gasteiger partial charge in [0.05, 0.1) is 31.2 Å². The molecule has 0 atom stereocenters. The van der Waals surface area contributed by atoms with Crippen LogP contribution in [0, 0.1) is 19.8 Å². The van der Waals surface area contributed by atoms with Crippen LogP contribution in [0.3, 0.4) is 0 Å². The van der Waals surface area contributed by atoms with Gasteiger partial charge >= 0.3 is 5.97 Å². The average molecular weight is 345 g/mol. The number of carbonyl (C=O) groups excluding carboxylic acids is 2. The number of methoxy groups -OCH3 is 1. The molecule has 0 aromatic carbocycles. The maximum absolute atomic E-state index is 12.5. The molecule has 2 heterocycles. The van der Waals surface area contributed by atoms with Gasteiger partial charge in [-0.05, 0) is 31.4 Å². The van der Waals surface area contributed by atoms with E-state index in [-0.39, 0.29) is 5.91 Å². The molecule has 0 aliphatic carbocycles. The third kappa shape index (κ3) is 4.37. The average Bonchev–Trinajstić information content (AvgIpc) is 2.88. The summed E-state index contributed by atoms with van der Waals surface area (Å²) in [5, 5.41) is 2.75. The lowest BCUT2D eigenvalue weighted by Crippen LogP contribution is -2.14. The van der Waals surface area contributed by atoms with Gasteiger partial charge in [0.25, 0.3) is 5.91 Å². The van der Waals surface area contributed by atoms with Gasteiger partial charge in [0.2, 0.25) is 5.88 Å². The van der Waals surface area contributed by atoms with E-state index in [0.29, 0.717) is 46.6 Å². The molecule has 0 aliphatic heterocycles. The predicted octanol–water partition coefficient (Wildman–Crippen LogP) is 3.10. The van der Waals surface area contributed by atoms with Gasteiger partial charge in [-0.25, -0.2) is 9.78 Å². The minimum atomic E-state index is -0.473. The summed E-state index contributed by atoms with van der Waals surface area (Å²) in [5.41, 5.74) is 2.37. The summed E-state index contributed by atoms with van der Waals surface area (Å²) >= 11 is 0. The fourth-order valence-corrected chi connectivity index (χ4v) is 2.37. The van der Waals surface area contributed by atoms with Crippen LogP contribution in [-0.2, 0) is 4.74 Å². The molecule has 2 aromatic rings. The molecule has 0 radical (unpaired) electrons. The lowest BCUT2D eigenvalue weighted by Gasteiger charge is -2.09. The van der Waals surface area contributed by atoms with Gasteiger partial charge in [0, 0.05) is 11.8 Å². The molecule has 0 saturated heterocycles. The molecule has 0 aliphatic rings. The maximum Gasteiger partial charge on any atom is 0.339 e. The maximum atomic E-state index is 12.5. The highest BCUT2D eigenvalue weighted by Gasteiger charge is 2.22. The molecule has 25 heavy (non-hydrogen) atoms. The Hall–Kier alpha value is -2.83. The molecule has 7 nitrogen and oxygen atoms in total. The first kappa shape index (κ1) is 18.5. The fourth-order valence-electron chi connectivity index (χ4n) is 2.37. The second kappa shape index (κ2) is 7.83. The Labute approximate surface area is 146 Å². The number of nitrogens with zero attached hydrogens (tertiary/aromatic N) is 1. The highest BCUT2D eigenvalue weighted by Crippen LogP contribution is 2.20. The SMILES string of the molecule is COC(=O)c1c(C)[nH]c(C(=O)Nc2ccc(OCC(C)C)nc2)c1C. The largest absolute Gasteiger partial charge is 0.477 e. The van der Waals surface area contributed by atoms with E-state index in [9.17, 15) is 9.59 Å². The third-order valence-corrected chi connectivity index (χ3v) is 3.61. The first-order chi connectivity index (χ1) is 11.8. The topological polar surface area (TPSA) is 93.3 Å². The molecule has 2 N–H and O–H groups in total. The van der Waals surface area contributed by atoms with Crippen LogP contribution in [0.1, 0.15) is 46.0 Å². The number of hydrogen-bond donors (Lipinski definition) is 2. The van der Waals surface area contributed by atoms with Gasteiger partial charge in [-0.3, -0.25) is 4.79 Å². The molecular formula is C18H23N3O4. The molecule has 1 amide bonds. The van der Waals surface area contributed by atoms with E-state index in [4.69, 9.17) is 9.47 Å². The zero-order valence-electron chi connectivity index (χ0n) is 15.1. The summed E-state index contributed by atoms with van der Waals surface area (Å²) in [7, 11) is 1.31. The van der Waals surface area contributed by atoms with Gasteiger partial charge in [-0.1, -0.05) is 13.8 Å². The van der Waals surface area contributed by atoms with E-state index >= 15 is 0 Å². The molecule has 0 bridgehead atoms. The standard InChI is InChI=1S/C18H23N3O4/c1-10(2)9-25-14-7-6-13(8-19-14)21-17(22)16-11(3)15(12(4)20-16)18(23)24-5/h6-8,10,20H,9H2,1-5H3,(H,21,22). The van der Waals surface area contributed by atoms with Crippen LogP contribution in [0.4, 0.5) is 5.69 Å². The number of esters is 1. The van der Waals surface area contributed by atoms with Crippen molar-refractivity contribution in [2.45, 2.75) is 27.7 Å². The Morgan fingerprint density at radius 3 is 2.56 bits per heavy atom. The molecule has 2 rings (SSSR count). The predicted molar refractivity (Wildman–Crippen MR) is 94.1 cm³/mol. The first-order valence-electron chi connectivity index (χ1n) is 8.01. The molecule has 0 saturated carbocycles. The summed E-state index contributed by atoms with van der Waals surface area (Å²) in [6, 6.07) is 3.41. The van der Waals surface area contributed by atoms with Crippen LogP contribution in [0.15, 0.2) is 18.3 Å². The Morgan fingerprint density at radius 2 is 2.00 bits per heavy atom. The quantitative estimate of drug-likeness (QED) is 0.785. The summed E-state index contributed by atoms with van der Waals surface area (Å²) in [6.45, 7) is 8.11. The van der Waals surface area contributed by atoms with Crippen molar-refractivity contribution in [1.29, 1.82) is 0 Å². The number of aryl methyl sites for hydroxylation is 1. The Kier molecular flexibility index (Phi) is 5.80. The van der Waals surface area contributed by atoms with Gasteiger partial charge in [0.15, 0.2) is 0 Å².